The Morgan fingerprint density at radius 2 is 2.30 bits per heavy atom. The molecule has 122 valence electrons. The molecular weight excluding hydrogens is 296 g/mol. The monoisotopic (exact) mass is 316 g/mol. The highest BCUT2D eigenvalue weighted by Crippen LogP contribution is 2.15. The molecule has 3 heterocycles. The van der Waals surface area contributed by atoms with Crippen LogP contribution in [0.2, 0.25) is 0 Å². The number of nitrogens with one attached hydrogen (secondary N) is 1. The van der Waals surface area contributed by atoms with Crippen LogP contribution in [0.25, 0.3) is 0 Å². The zero-order valence-corrected chi connectivity index (χ0v) is 13.3. The molecule has 1 aliphatic heterocycles. The van der Waals surface area contributed by atoms with Crippen molar-refractivity contribution in [3.05, 3.63) is 35.8 Å². The van der Waals surface area contributed by atoms with Gasteiger partial charge in [0.25, 0.3) is 5.91 Å². The molecule has 1 N–H and O–H groups in total. The Morgan fingerprint density at radius 1 is 1.43 bits per heavy atom. The second-order valence-electron chi connectivity index (χ2n) is 5.53. The number of aryl methyl sites for hydroxylation is 1. The zero-order chi connectivity index (χ0) is 16.2. The third-order valence-corrected chi connectivity index (χ3v) is 3.73. The van der Waals surface area contributed by atoms with Crippen LogP contribution in [0.1, 0.15) is 16.1 Å². The molecule has 1 amide bonds. The lowest BCUT2D eigenvalue weighted by Crippen LogP contribution is -2.44. The van der Waals surface area contributed by atoms with Crippen LogP contribution < -0.4 is 10.2 Å². The Morgan fingerprint density at radius 3 is 2.96 bits per heavy atom. The molecule has 1 aliphatic rings. The van der Waals surface area contributed by atoms with Gasteiger partial charge in [-0.3, -0.25) is 9.48 Å². The summed E-state index contributed by atoms with van der Waals surface area (Å²) >= 11 is 0. The van der Waals surface area contributed by atoms with E-state index in [-0.39, 0.29) is 12.0 Å². The van der Waals surface area contributed by atoms with Crippen molar-refractivity contribution in [2.75, 3.05) is 31.6 Å². The molecule has 0 aliphatic carbocycles. The summed E-state index contributed by atoms with van der Waals surface area (Å²) in [6, 6.07) is 3.50. The van der Waals surface area contributed by atoms with E-state index in [2.05, 4.69) is 25.5 Å². The zero-order valence-electron chi connectivity index (χ0n) is 13.3. The van der Waals surface area contributed by atoms with Crippen molar-refractivity contribution in [3.8, 4) is 0 Å². The number of hydrogen-bond donors (Lipinski definition) is 1. The van der Waals surface area contributed by atoms with Gasteiger partial charge in [0.1, 0.15) is 0 Å². The van der Waals surface area contributed by atoms with Crippen LogP contribution in [-0.2, 0) is 11.3 Å². The number of carbonyl (C=O) groups excluding carboxylic acids is 1. The maximum absolute atomic E-state index is 11.5. The molecule has 0 saturated carbocycles. The minimum absolute atomic E-state index is 0.0449. The summed E-state index contributed by atoms with van der Waals surface area (Å²) in [6.07, 6.45) is 3.88. The van der Waals surface area contributed by atoms with Gasteiger partial charge in [0.05, 0.1) is 25.5 Å². The van der Waals surface area contributed by atoms with Gasteiger partial charge in [-0.15, -0.1) is 10.2 Å². The van der Waals surface area contributed by atoms with E-state index in [1.807, 2.05) is 30.1 Å². The number of aromatic nitrogens is 4. The number of nitrogens with zero attached hydrogens (tertiary/aromatic N) is 5. The van der Waals surface area contributed by atoms with Crippen molar-refractivity contribution < 1.29 is 9.53 Å². The molecular formula is C15H20N6O2. The summed E-state index contributed by atoms with van der Waals surface area (Å²) in [4.78, 5) is 13.6. The molecule has 0 spiro atoms. The highest BCUT2D eigenvalue weighted by atomic mass is 16.5. The Balaban J connectivity index is 1.64. The summed E-state index contributed by atoms with van der Waals surface area (Å²) in [7, 11) is 1.57. The highest BCUT2D eigenvalue weighted by molar-refractivity contribution is 5.91. The van der Waals surface area contributed by atoms with E-state index >= 15 is 0 Å². The predicted octanol–water partition coefficient (Wildman–Crippen LogP) is 0.247. The maximum Gasteiger partial charge on any atom is 0.271 e. The molecule has 0 aromatic carbocycles. The number of rotatable bonds is 4. The number of ether oxygens (including phenoxy) is 1. The lowest BCUT2D eigenvalue weighted by molar-refractivity contribution is 0.0271. The van der Waals surface area contributed by atoms with Gasteiger partial charge >= 0.3 is 0 Å². The lowest BCUT2D eigenvalue weighted by atomic mass is 10.2. The summed E-state index contributed by atoms with van der Waals surface area (Å²) < 4.78 is 7.70. The topological polar surface area (TPSA) is 85.2 Å². The van der Waals surface area contributed by atoms with E-state index in [9.17, 15) is 4.79 Å². The van der Waals surface area contributed by atoms with Crippen molar-refractivity contribution in [1.29, 1.82) is 0 Å². The third kappa shape index (κ3) is 3.65. The molecule has 1 atom stereocenters. The first kappa shape index (κ1) is 15.4. The van der Waals surface area contributed by atoms with Gasteiger partial charge < -0.3 is 15.0 Å². The predicted molar refractivity (Wildman–Crippen MR) is 84.3 cm³/mol. The second-order valence-corrected chi connectivity index (χ2v) is 5.53. The Kier molecular flexibility index (Phi) is 4.52. The number of amides is 1. The fourth-order valence-electron chi connectivity index (χ4n) is 2.56. The van der Waals surface area contributed by atoms with Crippen LogP contribution >= 0.6 is 0 Å². The normalized spacial score (nSPS) is 18.0. The highest BCUT2D eigenvalue weighted by Gasteiger charge is 2.22. The molecule has 8 nitrogen and oxygen atoms in total. The summed E-state index contributed by atoms with van der Waals surface area (Å²) in [6.45, 7) is 4.81. The average Bonchev–Trinajstić information content (AvgIpc) is 2.99. The second kappa shape index (κ2) is 6.74. The molecule has 0 radical (unpaired) electrons. The van der Waals surface area contributed by atoms with Crippen molar-refractivity contribution in [2.45, 2.75) is 19.6 Å². The minimum atomic E-state index is -0.238. The van der Waals surface area contributed by atoms with Crippen LogP contribution in [0, 0.1) is 6.92 Å². The van der Waals surface area contributed by atoms with E-state index in [4.69, 9.17) is 4.74 Å². The number of morpholine rings is 1. The fraction of sp³-hybridized carbons (Fsp3) is 0.467. The maximum atomic E-state index is 11.5. The van der Waals surface area contributed by atoms with Crippen molar-refractivity contribution in [3.63, 3.8) is 0 Å². The average molecular weight is 316 g/mol. The molecule has 23 heavy (non-hydrogen) atoms. The van der Waals surface area contributed by atoms with Crippen molar-refractivity contribution in [2.24, 2.45) is 0 Å². The van der Waals surface area contributed by atoms with Crippen LogP contribution in [-0.4, -0.2) is 58.7 Å². The molecule has 8 heteroatoms. The summed E-state index contributed by atoms with van der Waals surface area (Å²) in [5.41, 5.74) is 1.45. The molecule has 3 rings (SSSR count). The molecule has 1 saturated heterocycles. The van der Waals surface area contributed by atoms with Gasteiger partial charge in [0.2, 0.25) is 0 Å². The van der Waals surface area contributed by atoms with Crippen LogP contribution in [0.4, 0.5) is 5.82 Å². The third-order valence-electron chi connectivity index (χ3n) is 3.73. The molecule has 0 bridgehead atoms. The van der Waals surface area contributed by atoms with Gasteiger partial charge in [-0.05, 0) is 24.6 Å². The first-order chi connectivity index (χ1) is 11.2. The Labute approximate surface area is 134 Å². The van der Waals surface area contributed by atoms with E-state index in [1.54, 1.807) is 13.1 Å². The summed E-state index contributed by atoms with van der Waals surface area (Å²) in [5.74, 6) is 0.514. The molecule has 2 aromatic rings. The van der Waals surface area contributed by atoms with Gasteiger partial charge in [-0.1, -0.05) is 0 Å². The van der Waals surface area contributed by atoms with Gasteiger partial charge in [-0.2, -0.15) is 5.10 Å². The minimum Gasteiger partial charge on any atom is -0.373 e. The smallest absolute Gasteiger partial charge is 0.271 e. The van der Waals surface area contributed by atoms with Crippen LogP contribution in [0.15, 0.2) is 24.5 Å². The quantitative estimate of drug-likeness (QED) is 0.870. The Hall–Kier alpha value is -2.48. The van der Waals surface area contributed by atoms with Crippen LogP contribution in [0.5, 0.6) is 0 Å². The number of hydrogen-bond acceptors (Lipinski definition) is 6. The number of anilines is 1. The van der Waals surface area contributed by atoms with Crippen LogP contribution in [0.3, 0.4) is 0 Å². The standard InChI is InChI=1S/C15H20N6O2/c1-11-7-17-21(8-11)10-12-9-20(5-6-23-12)14-4-3-13(18-19-14)15(22)16-2/h3-4,7-8,12H,5-6,9-10H2,1-2H3,(H,16,22). The van der Waals surface area contributed by atoms with Crippen molar-refractivity contribution in [1.82, 2.24) is 25.3 Å². The van der Waals surface area contributed by atoms with E-state index < -0.39 is 0 Å². The van der Waals surface area contributed by atoms with E-state index in [1.165, 1.54) is 0 Å². The SMILES string of the molecule is CNC(=O)c1ccc(N2CCOC(Cn3cc(C)cn3)C2)nn1. The van der Waals surface area contributed by atoms with E-state index in [0.29, 0.717) is 25.4 Å². The molecule has 1 unspecified atom stereocenters. The van der Waals surface area contributed by atoms with Gasteiger partial charge in [0, 0.05) is 26.3 Å². The lowest BCUT2D eigenvalue weighted by Gasteiger charge is -2.33. The number of carbonyl (C=O) groups is 1. The summed E-state index contributed by atoms with van der Waals surface area (Å²) in [5, 5.41) is 15.0. The van der Waals surface area contributed by atoms with Gasteiger partial charge in [0.15, 0.2) is 11.5 Å². The van der Waals surface area contributed by atoms with Crippen molar-refractivity contribution >= 4 is 11.7 Å². The first-order valence-electron chi connectivity index (χ1n) is 7.57. The fourth-order valence-corrected chi connectivity index (χ4v) is 2.56. The first-order valence-corrected chi connectivity index (χ1v) is 7.57. The molecule has 2 aromatic heterocycles. The largest absolute Gasteiger partial charge is 0.373 e. The van der Waals surface area contributed by atoms with Gasteiger partial charge in [-0.25, -0.2) is 0 Å². The molecule has 1 fully saturated rings. The Bertz CT molecular complexity index is 669. The van der Waals surface area contributed by atoms with E-state index in [0.717, 1.165) is 17.9 Å².